The lowest BCUT2D eigenvalue weighted by molar-refractivity contribution is 0.102. The molecular formula is C17H19N3O3. The Balaban J connectivity index is 1.77. The number of aromatic nitrogens is 1. The van der Waals surface area contributed by atoms with E-state index in [0.29, 0.717) is 30.2 Å². The van der Waals surface area contributed by atoms with Crippen molar-refractivity contribution in [1.82, 2.24) is 4.98 Å². The Morgan fingerprint density at radius 1 is 1.26 bits per heavy atom. The normalized spacial score (nSPS) is 14.4. The fourth-order valence-electron chi connectivity index (χ4n) is 2.49. The largest absolute Gasteiger partial charge is 0.495 e. The van der Waals surface area contributed by atoms with E-state index in [1.165, 1.54) is 0 Å². The molecule has 0 saturated carbocycles. The second-order valence-electron chi connectivity index (χ2n) is 5.19. The number of anilines is 2. The van der Waals surface area contributed by atoms with Crippen LogP contribution >= 0.6 is 0 Å². The molecule has 0 radical (unpaired) electrons. The number of carbonyl (C=O) groups is 1. The van der Waals surface area contributed by atoms with E-state index in [4.69, 9.17) is 9.47 Å². The average molecular weight is 313 g/mol. The van der Waals surface area contributed by atoms with Crippen molar-refractivity contribution < 1.29 is 14.3 Å². The van der Waals surface area contributed by atoms with Gasteiger partial charge >= 0.3 is 0 Å². The first-order chi connectivity index (χ1) is 11.3. The summed E-state index contributed by atoms with van der Waals surface area (Å²) in [5, 5.41) is 2.86. The van der Waals surface area contributed by atoms with Crippen LogP contribution in [0.5, 0.6) is 5.75 Å². The van der Waals surface area contributed by atoms with Crippen molar-refractivity contribution in [3.05, 3.63) is 48.3 Å². The molecule has 1 amide bonds. The molecule has 0 aliphatic carbocycles. The Bertz CT molecular complexity index is 684. The number of amides is 1. The lowest BCUT2D eigenvalue weighted by Crippen LogP contribution is -2.36. The highest BCUT2D eigenvalue weighted by Crippen LogP contribution is 2.24. The van der Waals surface area contributed by atoms with Crippen molar-refractivity contribution in [3.63, 3.8) is 0 Å². The van der Waals surface area contributed by atoms with E-state index < -0.39 is 0 Å². The molecule has 0 bridgehead atoms. The number of methoxy groups -OCH3 is 1. The second kappa shape index (κ2) is 7.11. The van der Waals surface area contributed by atoms with E-state index in [9.17, 15) is 4.79 Å². The van der Waals surface area contributed by atoms with Gasteiger partial charge in [0.2, 0.25) is 0 Å². The van der Waals surface area contributed by atoms with Crippen molar-refractivity contribution in [2.24, 2.45) is 0 Å². The molecule has 6 nitrogen and oxygen atoms in total. The van der Waals surface area contributed by atoms with Gasteiger partial charge in [0.1, 0.15) is 5.75 Å². The number of rotatable bonds is 4. The zero-order valence-electron chi connectivity index (χ0n) is 13.0. The van der Waals surface area contributed by atoms with Crippen LogP contribution in [-0.2, 0) is 4.74 Å². The molecule has 0 atom stereocenters. The molecule has 1 aliphatic rings. The molecule has 1 aromatic carbocycles. The van der Waals surface area contributed by atoms with E-state index >= 15 is 0 Å². The summed E-state index contributed by atoms with van der Waals surface area (Å²) in [5.74, 6) is 0.412. The van der Waals surface area contributed by atoms with Gasteiger partial charge in [-0.3, -0.25) is 9.78 Å². The number of hydrogen-bond acceptors (Lipinski definition) is 5. The maximum Gasteiger partial charge on any atom is 0.257 e. The Hall–Kier alpha value is -2.60. The number of pyridine rings is 1. The minimum Gasteiger partial charge on any atom is -0.495 e. The van der Waals surface area contributed by atoms with Crippen LogP contribution in [0.25, 0.3) is 0 Å². The number of para-hydroxylation sites is 2. The molecule has 1 fully saturated rings. The summed E-state index contributed by atoms with van der Waals surface area (Å²) < 4.78 is 10.6. The van der Waals surface area contributed by atoms with Gasteiger partial charge in [-0.15, -0.1) is 0 Å². The molecule has 1 N–H and O–H groups in total. The smallest absolute Gasteiger partial charge is 0.257 e. The molecular weight excluding hydrogens is 294 g/mol. The van der Waals surface area contributed by atoms with Crippen molar-refractivity contribution in [2.75, 3.05) is 43.6 Å². The summed E-state index contributed by atoms with van der Waals surface area (Å²) in [4.78, 5) is 18.8. The third kappa shape index (κ3) is 3.60. The van der Waals surface area contributed by atoms with Crippen LogP contribution in [0.2, 0.25) is 0 Å². The standard InChI is InChI=1S/C17H19N3O3/c1-22-16-5-3-2-4-15(16)19-17(21)13-10-14(12-18-11-13)20-6-8-23-9-7-20/h2-5,10-12H,6-9H2,1H3,(H,19,21). The van der Waals surface area contributed by atoms with Gasteiger partial charge < -0.3 is 19.7 Å². The maximum absolute atomic E-state index is 12.5. The zero-order chi connectivity index (χ0) is 16.1. The molecule has 23 heavy (non-hydrogen) atoms. The highest BCUT2D eigenvalue weighted by Gasteiger charge is 2.15. The van der Waals surface area contributed by atoms with Crippen molar-refractivity contribution in [3.8, 4) is 5.75 Å². The first-order valence-electron chi connectivity index (χ1n) is 7.50. The van der Waals surface area contributed by atoms with Gasteiger partial charge in [0.15, 0.2) is 0 Å². The summed E-state index contributed by atoms with van der Waals surface area (Å²) in [7, 11) is 1.57. The van der Waals surface area contributed by atoms with Crippen LogP contribution < -0.4 is 15.0 Å². The van der Waals surface area contributed by atoms with E-state index in [2.05, 4.69) is 15.2 Å². The molecule has 120 valence electrons. The minimum atomic E-state index is -0.211. The Kier molecular flexibility index (Phi) is 4.73. The quantitative estimate of drug-likeness (QED) is 0.937. The van der Waals surface area contributed by atoms with Crippen LogP contribution in [-0.4, -0.2) is 44.3 Å². The Labute approximate surface area is 135 Å². The molecule has 1 aliphatic heterocycles. The van der Waals surface area contributed by atoms with Gasteiger partial charge in [-0.2, -0.15) is 0 Å². The number of ether oxygens (including phenoxy) is 2. The summed E-state index contributed by atoms with van der Waals surface area (Å²) >= 11 is 0. The average Bonchev–Trinajstić information content (AvgIpc) is 2.63. The van der Waals surface area contributed by atoms with Crippen molar-refractivity contribution in [2.45, 2.75) is 0 Å². The van der Waals surface area contributed by atoms with Crippen LogP contribution in [0.4, 0.5) is 11.4 Å². The van der Waals surface area contributed by atoms with Crippen LogP contribution in [0.1, 0.15) is 10.4 Å². The molecule has 1 saturated heterocycles. The minimum absolute atomic E-state index is 0.211. The number of nitrogens with zero attached hydrogens (tertiary/aromatic N) is 2. The van der Waals surface area contributed by atoms with Gasteiger partial charge in [-0.1, -0.05) is 12.1 Å². The van der Waals surface area contributed by atoms with Crippen LogP contribution in [0, 0.1) is 0 Å². The number of carbonyl (C=O) groups excluding carboxylic acids is 1. The Morgan fingerprint density at radius 2 is 2.04 bits per heavy atom. The molecule has 6 heteroatoms. The molecule has 3 rings (SSSR count). The zero-order valence-corrected chi connectivity index (χ0v) is 13.0. The topological polar surface area (TPSA) is 63.7 Å². The number of hydrogen-bond donors (Lipinski definition) is 1. The highest BCUT2D eigenvalue weighted by atomic mass is 16.5. The molecule has 2 aromatic rings. The first kappa shape index (κ1) is 15.3. The van der Waals surface area contributed by atoms with Crippen LogP contribution in [0.3, 0.4) is 0 Å². The lowest BCUT2D eigenvalue weighted by Gasteiger charge is -2.28. The third-order valence-corrected chi connectivity index (χ3v) is 3.72. The summed E-state index contributed by atoms with van der Waals surface area (Å²) in [5.41, 5.74) is 2.08. The second-order valence-corrected chi connectivity index (χ2v) is 5.19. The molecule has 1 aromatic heterocycles. The SMILES string of the molecule is COc1ccccc1NC(=O)c1cncc(N2CCOCC2)c1. The predicted molar refractivity (Wildman–Crippen MR) is 88.2 cm³/mol. The monoisotopic (exact) mass is 313 g/mol. The number of morpholine rings is 1. The molecule has 0 unspecified atom stereocenters. The number of nitrogens with one attached hydrogen (secondary N) is 1. The fourth-order valence-corrected chi connectivity index (χ4v) is 2.49. The summed E-state index contributed by atoms with van der Waals surface area (Å²) in [6.07, 6.45) is 3.33. The highest BCUT2D eigenvalue weighted by molar-refractivity contribution is 6.05. The van der Waals surface area contributed by atoms with E-state index in [1.54, 1.807) is 31.6 Å². The molecule has 0 spiro atoms. The summed E-state index contributed by atoms with van der Waals surface area (Å²) in [6, 6.07) is 9.16. The maximum atomic E-state index is 12.5. The van der Waals surface area contributed by atoms with Gasteiger partial charge in [0, 0.05) is 19.3 Å². The number of benzene rings is 1. The van der Waals surface area contributed by atoms with E-state index in [1.807, 2.05) is 18.2 Å². The van der Waals surface area contributed by atoms with Gasteiger partial charge in [0.05, 0.1) is 43.5 Å². The van der Waals surface area contributed by atoms with Gasteiger partial charge in [-0.25, -0.2) is 0 Å². The van der Waals surface area contributed by atoms with Crippen molar-refractivity contribution in [1.29, 1.82) is 0 Å². The van der Waals surface area contributed by atoms with Crippen LogP contribution in [0.15, 0.2) is 42.7 Å². The first-order valence-corrected chi connectivity index (χ1v) is 7.50. The fraction of sp³-hybridized carbons (Fsp3) is 0.294. The van der Waals surface area contributed by atoms with Gasteiger partial charge in [0.25, 0.3) is 5.91 Å². The Morgan fingerprint density at radius 3 is 2.83 bits per heavy atom. The van der Waals surface area contributed by atoms with Crippen molar-refractivity contribution >= 4 is 17.3 Å². The third-order valence-electron chi connectivity index (χ3n) is 3.72. The predicted octanol–water partition coefficient (Wildman–Crippen LogP) is 2.18. The lowest BCUT2D eigenvalue weighted by atomic mass is 10.2. The van der Waals surface area contributed by atoms with Gasteiger partial charge in [-0.05, 0) is 18.2 Å². The van der Waals surface area contributed by atoms with E-state index in [-0.39, 0.29) is 5.91 Å². The van der Waals surface area contributed by atoms with E-state index in [0.717, 1.165) is 18.8 Å². The molecule has 2 heterocycles. The summed E-state index contributed by atoms with van der Waals surface area (Å²) in [6.45, 7) is 2.99.